The zero-order valence-electron chi connectivity index (χ0n) is 20.5. The van der Waals surface area contributed by atoms with E-state index in [2.05, 4.69) is 17.1 Å². The Labute approximate surface area is 223 Å². The second-order valence-electron chi connectivity index (χ2n) is 9.01. The lowest BCUT2D eigenvalue weighted by Crippen LogP contribution is -2.16. The van der Waals surface area contributed by atoms with Crippen LogP contribution in [0.4, 0.5) is 0 Å². The summed E-state index contributed by atoms with van der Waals surface area (Å²) in [7, 11) is 1.66. The van der Waals surface area contributed by atoms with Crippen LogP contribution >= 0.6 is 11.6 Å². The van der Waals surface area contributed by atoms with E-state index in [9.17, 15) is 0 Å². The first-order chi connectivity index (χ1) is 18.6. The summed E-state index contributed by atoms with van der Waals surface area (Å²) in [5.74, 6) is 2.13. The Bertz CT molecular complexity index is 1810. The molecule has 0 amide bonds. The summed E-state index contributed by atoms with van der Waals surface area (Å²) in [6.45, 7) is 2.00. The van der Waals surface area contributed by atoms with Crippen LogP contribution in [-0.4, -0.2) is 36.5 Å². The highest BCUT2D eigenvalue weighted by molar-refractivity contribution is 6.33. The Hall–Kier alpha value is -4.69. The molecule has 7 rings (SSSR count). The fourth-order valence-corrected chi connectivity index (χ4v) is 5.23. The largest absolute Gasteiger partial charge is 0.497 e. The fourth-order valence-electron chi connectivity index (χ4n) is 5.01. The molecule has 3 aromatic carbocycles. The van der Waals surface area contributed by atoms with Crippen LogP contribution in [-0.2, 0) is 0 Å². The summed E-state index contributed by atoms with van der Waals surface area (Å²) in [6, 6.07) is 25.5. The summed E-state index contributed by atoms with van der Waals surface area (Å²) in [5.41, 5.74) is 5.93. The fraction of sp³-hybridized carbons (Fsp3) is 0.103. The molecular weight excluding hydrogens is 500 g/mol. The van der Waals surface area contributed by atoms with E-state index < -0.39 is 0 Å². The Kier molecular flexibility index (Phi) is 5.16. The Balaban J connectivity index is 1.49. The second-order valence-corrected chi connectivity index (χ2v) is 9.41. The van der Waals surface area contributed by atoms with Crippen molar-refractivity contribution in [3.05, 3.63) is 113 Å². The number of benzene rings is 3. The van der Waals surface area contributed by atoms with Gasteiger partial charge in [-0.1, -0.05) is 54.1 Å². The molecule has 4 heterocycles. The lowest BCUT2D eigenvalue weighted by molar-refractivity contribution is 0.402. The van der Waals surface area contributed by atoms with Gasteiger partial charge in [-0.3, -0.25) is 0 Å². The van der Waals surface area contributed by atoms with Crippen LogP contribution in [0.5, 0.6) is 17.5 Å². The molecule has 0 bridgehead atoms. The first-order valence-corrected chi connectivity index (χ1v) is 12.5. The van der Waals surface area contributed by atoms with Crippen molar-refractivity contribution < 1.29 is 9.47 Å². The van der Waals surface area contributed by atoms with Crippen LogP contribution in [0.3, 0.4) is 0 Å². The van der Waals surface area contributed by atoms with Crippen LogP contribution < -0.4 is 9.47 Å². The maximum atomic E-state index is 6.48. The monoisotopic (exact) mass is 520 g/mol. The lowest BCUT2D eigenvalue weighted by Gasteiger charge is -2.26. The third-order valence-electron chi connectivity index (χ3n) is 6.78. The molecule has 0 spiro atoms. The average Bonchev–Trinajstić information content (AvgIpc) is 3.54. The van der Waals surface area contributed by atoms with Gasteiger partial charge in [-0.05, 0) is 48.9 Å². The van der Waals surface area contributed by atoms with Gasteiger partial charge in [0.2, 0.25) is 11.8 Å². The minimum atomic E-state index is -0.253. The molecule has 9 heteroatoms. The molecule has 8 nitrogen and oxygen atoms in total. The topological polar surface area (TPSA) is 79.4 Å². The maximum Gasteiger partial charge on any atom is 0.230 e. The van der Waals surface area contributed by atoms with Gasteiger partial charge in [0.1, 0.15) is 12.1 Å². The summed E-state index contributed by atoms with van der Waals surface area (Å²) >= 11 is 6.48. The van der Waals surface area contributed by atoms with E-state index in [-0.39, 0.29) is 5.92 Å². The molecule has 0 aliphatic carbocycles. The molecule has 1 aliphatic heterocycles. The standard InChI is InChI=1S/C29H21ClN6O2/c1-17-23-24(18-12-14-20(37-2)15-13-18)25-27-32-26(21-10-6-7-11-22(21)30)34-35(27)16-31-28(25)38-29(23)36(33-17)19-8-4-3-5-9-19/h3-16,24H,1-2H3. The Morgan fingerprint density at radius 3 is 2.42 bits per heavy atom. The molecule has 38 heavy (non-hydrogen) atoms. The number of hydrogen-bond donors (Lipinski definition) is 0. The molecule has 1 aliphatic rings. The van der Waals surface area contributed by atoms with Crippen molar-refractivity contribution in [2.45, 2.75) is 12.8 Å². The number of para-hydroxylation sites is 1. The van der Waals surface area contributed by atoms with Crippen LogP contribution in [0.2, 0.25) is 5.02 Å². The molecule has 1 unspecified atom stereocenters. The van der Waals surface area contributed by atoms with Crippen molar-refractivity contribution in [3.63, 3.8) is 0 Å². The highest BCUT2D eigenvalue weighted by Gasteiger charge is 2.38. The highest BCUT2D eigenvalue weighted by Crippen LogP contribution is 2.50. The SMILES string of the molecule is COc1ccc(C2c3c(C)nn(-c4ccccc4)c3Oc3ncn4nc(-c5ccccc5Cl)nc4c32)cc1. The van der Waals surface area contributed by atoms with Gasteiger partial charge in [-0.25, -0.2) is 19.2 Å². The third kappa shape index (κ3) is 3.45. The summed E-state index contributed by atoms with van der Waals surface area (Å²) < 4.78 is 15.4. The molecule has 186 valence electrons. The van der Waals surface area contributed by atoms with Gasteiger partial charge in [0.25, 0.3) is 0 Å². The number of nitrogens with zero attached hydrogens (tertiary/aromatic N) is 6. The molecule has 0 fully saturated rings. The van der Waals surface area contributed by atoms with Gasteiger partial charge in [0, 0.05) is 5.56 Å². The van der Waals surface area contributed by atoms with Crippen LogP contribution in [0, 0.1) is 6.92 Å². The van der Waals surface area contributed by atoms with E-state index in [1.165, 1.54) is 0 Å². The molecule has 3 aromatic heterocycles. The normalized spacial score (nSPS) is 14.1. The summed E-state index contributed by atoms with van der Waals surface area (Å²) in [6.07, 6.45) is 1.62. The van der Waals surface area contributed by atoms with Crippen LogP contribution in [0.1, 0.15) is 28.3 Å². The van der Waals surface area contributed by atoms with E-state index in [0.29, 0.717) is 28.3 Å². The van der Waals surface area contributed by atoms with E-state index in [1.54, 1.807) is 18.0 Å². The number of methoxy groups -OCH3 is 1. The van der Waals surface area contributed by atoms with Crippen molar-refractivity contribution in [3.8, 4) is 34.6 Å². The zero-order chi connectivity index (χ0) is 25.8. The van der Waals surface area contributed by atoms with E-state index in [4.69, 9.17) is 36.3 Å². The van der Waals surface area contributed by atoms with Gasteiger partial charge in [-0.15, -0.1) is 5.10 Å². The maximum absolute atomic E-state index is 6.48. The number of hydrogen-bond acceptors (Lipinski definition) is 6. The number of rotatable bonds is 4. The smallest absolute Gasteiger partial charge is 0.230 e. The average molecular weight is 521 g/mol. The van der Waals surface area contributed by atoms with Gasteiger partial charge >= 0.3 is 0 Å². The van der Waals surface area contributed by atoms with Gasteiger partial charge < -0.3 is 9.47 Å². The molecule has 0 radical (unpaired) electrons. The van der Waals surface area contributed by atoms with E-state index in [0.717, 1.165) is 39.4 Å². The van der Waals surface area contributed by atoms with Gasteiger partial charge in [0.15, 0.2) is 11.5 Å². The molecule has 1 atom stereocenters. The molecular formula is C29H21ClN6O2. The predicted octanol–water partition coefficient (Wildman–Crippen LogP) is 6.23. The minimum absolute atomic E-state index is 0.253. The molecule has 6 aromatic rings. The predicted molar refractivity (Wildman–Crippen MR) is 144 cm³/mol. The van der Waals surface area contributed by atoms with Crippen LogP contribution in [0.15, 0.2) is 85.2 Å². The zero-order valence-corrected chi connectivity index (χ0v) is 21.3. The number of aromatic nitrogens is 6. The highest BCUT2D eigenvalue weighted by atomic mass is 35.5. The van der Waals surface area contributed by atoms with Gasteiger partial charge in [-0.2, -0.15) is 5.10 Å². The van der Waals surface area contributed by atoms with Gasteiger partial charge in [0.05, 0.1) is 40.6 Å². The summed E-state index contributed by atoms with van der Waals surface area (Å²) in [5, 5.41) is 10.2. The van der Waals surface area contributed by atoms with Crippen molar-refractivity contribution in [2.75, 3.05) is 7.11 Å². The Morgan fingerprint density at radius 1 is 0.895 bits per heavy atom. The first-order valence-electron chi connectivity index (χ1n) is 12.1. The van der Waals surface area contributed by atoms with E-state index in [1.807, 2.05) is 78.3 Å². The number of ether oxygens (including phenoxy) is 2. The van der Waals surface area contributed by atoms with Crippen molar-refractivity contribution in [1.29, 1.82) is 0 Å². The number of aryl methyl sites for hydroxylation is 1. The minimum Gasteiger partial charge on any atom is -0.497 e. The van der Waals surface area contributed by atoms with Crippen molar-refractivity contribution >= 4 is 17.2 Å². The Morgan fingerprint density at radius 2 is 1.66 bits per heavy atom. The molecule has 0 N–H and O–H groups in total. The van der Waals surface area contributed by atoms with E-state index >= 15 is 0 Å². The number of fused-ring (bicyclic) bond motifs is 4. The summed E-state index contributed by atoms with van der Waals surface area (Å²) in [4.78, 5) is 9.60. The third-order valence-corrected chi connectivity index (χ3v) is 7.11. The molecule has 0 saturated heterocycles. The second kappa shape index (κ2) is 8.71. The van der Waals surface area contributed by atoms with Crippen molar-refractivity contribution in [2.24, 2.45) is 0 Å². The van der Waals surface area contributed by atoms with Crippen molar-refractivity contribution in [1.82, 2.24) is 29.4 Å². The lowest BCUT2D eigenvalue weighted by atomic mass is 9.84. The first kappa shape index (κ1) is 22.5. The quantitative estimate of drug-likeness (QED) is 0.273. The van der Waals surface area contributed by atoms with Crippen LogP contribution in [0.25, 0.3) is 22.7 Å². The molecule has 0 saturated carbocycles. The number of halogens is 1.